The van der Waals surface area contributed by atoms with E-state index in [0.717, 1.165) is 41.1 Å². The Kier molecular flexibility index (Phi) is 6.64. The molecule has 0 fully saturated rings. The van der Waals surface area contributed by atoms with Crippen LogP contribution in [0, 0.1) is 0 Å². The Balaban J connectivity index is 1.11. The largest absolute Gasteiger partial charge is 0.309 e. The molecule has 5 heterocycles. The standard InChI is InChI=1S/C57H36N4/c1-2-19-39(20-3-1)59-48-25-11-8-22-41(48)44-30-29-38(33-51(44)59)55-40-21-7-6-15-35(40)18-14-28-53(58-55)61-50-27-13-10-24-43(50)46-34-45-42-23-9-12-26-49(42)60-52-32-37-17-5-4-16-36(37)31-47(52)54(56(45)60)57(46)61/h1-13,15-17,19-34H,14,18H2. The molecular weight excluding hydrogens is 741 g/mol. The van der Waals surface area contributed by atoms with Gasteiger partial charge in [0.1, 0.15) is 5.82 Å². The van der Waals surface area contributed by atoms with Gasteiger partial charge in [0.25, 0.3) is 0 Å². The number of benzene rings is 9. The molecule has 61 heavy (non-hydrogen) atoms. The maximum Gasteiger partial charge on any atom is 0.134 e. The second kappa shape index (κ2) is 12.3. The predicted octanol–water partition coefficient (Wildman–Crippen LogP) is 14.5. The lowest BCUT2D eigenvalue weighted by Crippen LogP contribution is -2.11. The van der Waals surface area contributed by atoms with Crippen LogP contribution in [0.3, 0.4) is 0 Å². The van der Waals surface area contributed by atoms with Crippen molar-refractivity contribution >= 4 is 104 Å². The molecule has 0 saturated carbocycles. The summed E-state index contributed by atoms with van der Waals surface area (Å²) in [6.07, 6.45) is 4.17. The average molecular weight is 777 g/mol. The molecule has 0 radical (unpaired) electrons. The van der Waals surface area contributed by atoms with Gasteiger partial charge in [-0.3, -0.25) is 4.57 Å². The van der Waals surface area contributed by atoms with Crippen LogP contribution in [0.2, 0.25) is 0 Å². The zero-order chi connectivity index (χ0) is 39.8. The van der Waals surface area contributed by atoms with Crippen molar-refractivity contribution in [2.45, 2.75) is 12.8 Å². The van der Waals surface area contributed by atoms with Crippen LogP contribution in [-0.2, 0) is 6.42 Å². The van der Waals surface area contributed by atoms with Crippen LogP contribution in [0.1, 0.15) is 23.1 Å². The summed E-state index contributed by atoms with van der Waals surface area (Å²) in [4.78, 5) is 5.90. The quantitative estimate of drug-likeness (QED) is 0.171. The van der Waals surface area contributed by atoms with Crippen LogP contribution < -0.4 is 0 Å². The molecule has 13 aromatic rings. The number of nitrogens with zero attached hydrogens (tertiary/aromatic N) is 4. The lowest BCUT2D eigenvalue weighted by molar-refractivity contribution is 0.978. The van der Waals surface area contributed by atoms with Gasteiger partial charge in [0, 0.05) is 59.9 Å². The molecule has 0 aliphatic carbocycles. The summed E-state index contributed by atoms with van der Waals surface area (Å²) >= 11 is 0. The first-order valence-electron chi connectivity index (χ1n) is 21.3. The summed E-state index contributed by atoms with van der Waals surface area (Å²) in [6, 6.07) is 69.2. The van der Waals surface area contributed by atoms with E-state index in [1.54, 1.807) is 0 Å². The van der Waals surface area contributed by atoms with E-state index in [1.165, 1.54) is 98.1 Å². The van der Waals surface area contributed by atoms with Crippen molar-refractivity contribution in [1.82, 2.24) is 13.5 Å². The maximum absolute atomic E-state index is 5.90. The maximum atomic E-state index is 5.90. The van der Waals surface area contributed by atoms with Crippen molar-refractivity contribution in [1.29, 1.82) is 0 Å². The number of hydrogen-bond acceptors (Lipinski definition) is 1. The van der Waals surface area contributed by atoms with E-state index in [9.17, 15) is 0 Å². The van der Waals surface area contributed by atoms with Gasteiger partial charge in [-0.2, -0.15) is 0 Å². The van der Waals surface area contributed by atoms with Crippen LogP contribution in [0.5, 0.6) is 0 Å². The molecule has 1 aliphatic rings. The first-order valence-corrected chi connectivity index (χ1v) is 21.3. The summed E-state index contributed by atoms with van der Waals surface area (Å²) in [5.74, 6) is 0.951. The van der Waals surface area contributed by atoms with Gasteiger partial charge in [-0.05, 0) is 89.9 Å². The molecular formula is C57H36N4. The zero-order valence-electron chi connectivity index (χ0n) is 33.2. The van der Waals surface area contributed by atoms with Crippen LogP contribution >= 0.6 is 0 Å². The highest BCUT2D eigenvalue weighted by Gasteiger charge is 2.26. The molecule has 4 aromatic heterocycles. The highest BCUT2D eigenvalue weighted by Crippen LogP contribution is 2.47. The van der Waals surface area contributed by atoms with Crippen LogP contribution in [0.4, 0.5) is 0 Å². The van der Waals surface area contributed by atoms with Crippen LogP contribution in [0.15, 0.2) is 199 Å². The predicted molar refractivity (Wildman–Crippen MR) is 257 cm³/mol. The number of aryl methyl sites for hydroxylation is 1. The van der Waals surface area contributed by atoms with Gasteiger partial charge in [-0.15, -0.1) is 0 Å². The molecule has 0 spiro atoms. The number of aromatic nitrogens is 3. The summed E-state index contributed by atoms with van der Waals surface area (Å²) in [7, 11) is 0. The van der Waals surface area contributed by atoms with Gasteiger partial charge in [0.2, 0.25) is 0 Å². The van der Waals surface area contributed by atoms with E-state index < -0.39 is 0 Å². The molecule has 14 rings (SSSR count). The second-order valence-electron chi connectivity index (χ2n) is 16.6. The third-order valence-corrected chi connectivity index (χ3v) is 13.4. The number of rotatable bonds is 3. The van der Waals surface area contributed by atoms with E-state index in [4.69, 9.17) is 4.99 Å². The molecule has 9 aromatic carbocycles. The van der Waals surface area contributed by atoms with E-state index in [0.29, 0.717) is 0 Å². The fourth-order valence-corrected chi connectivity index (χ4v) is 10.8. The third kappa shape index (κ3) is 4.51. The monoisotopic (exact) mass is 776 g/mol. The van der Waals surface area contributed by atoms with E-state index >= 15 is 0 Å². The Morgan fingerprint density at radius 1 is 0.410 bits per heavy atom. The molecule has 0 amide bonds. The van der Waals surface area contributed by atoms with Crippen molar-refractivity contribution in [2.24, 2.45) is 4.99 Å². The lowest BCUT2D eigenvalue weighted by atomic mass is 9.93. The topological polar surface area (TPSA) is 26.6 Å². The number of hydrogen-bond donors (Lipinski definition) is 0. The number of aliphatic imine (C=N–C) groups is 1. The first-order chi connectivity index (χ1) is 30.3. The highest BCUT2D eigenvalue weighted by atomic mass is 15.1. The first kappa shape index (κ1) is 32.9. The van der Waals surface area contributed by atoms with Crippen LogP contribution in [-0.4, -0.2) is 19.2 Å². The van der Waals surface area contributed by atoms with Gasteiger partial charge < -0.3 is 8.97 Å². The van der Waals surface area contributed by atoms with Crippen molar-refractivity contribution in [3.63, 3.8) is 0 Å². The zero-order valence-corrected chi connectivity index (χ0v) is 33.2. The molecule has 284 valence electrons. The van der Waals surface area contributed by atoms with Crippen LogP contribution in [0.25, 0.3) is 104 Å². The minimum Gasteiger partial charge on any atom is -0.309 e. The van der Waals surface area contributed by atoms with E-state index in [-0.39, 0.29) is 0 Å². The smallest absolute Gasteiger partial charge is 0.134 e. The SMILES string of the molecule is C1=C(n2c3ccccc3c3cc4c5ccccc5n5c6cc7ccccc7cc6c(c32)c45)N=C(c2ccc3c4ccccc4n(-c4ccccc4)c3c2)c2ccccc2CC1. The Morgan fingerprint density at radius 3 is 1.85 bits per heavy atom. The molecule has 4 nitrogen and oxygen atoms in total. The normalized spacial score (nSPS) is 13.6. The Morgan fingerprint density at radius 2 is 1.03 bits per heavy atom. The summed E-state index contributed by atoms with van der Waals surface area (Å²) in [5.41, 5.74) is 14.2. The molecule has 1 aliphatic heterocycles. The highest BCUT2D eigenvalue weighted by molar-refractivity contribution is 6.35. The minimum atomic E-state index is 0.872. The minimum absolute atomic E-state index is 0.872. The number of fused-ring (bicyclic) bond motifs is 15. The Labute approximate surface area is 350 Å². The molecule has 0 unspecified atom stereocenters. The van der Waals surface area contributed by atoms with Crippen molar-refractivity contribution < 1.29 is 0 Å². The van der Waals surface area contributed by atoms with Gasteiger partial charge in [-0.25, -0.2) is 4.99 Å². The van der Waals surface area contributed by atoms with E-state index in [1.807, 2.05) is 0 Å². The molecule has 0 saturated heterocycles. The Hall–Kier alpha value is -7.95. The Bertz CT molecular complexity index is 4040. The van der Waals surface area contributed by atoms with Gasteiger partial charge >= 0.3 is 0 Å². The van der Waals surface area contributed by atoms with Gasteiger partial charge in [-0.1, -0.05) is 133 Å². The van der Waals surface area contributed by atoms with E-state index in [2.05, 4.69) is 208 Å². The molecule has 0 N–H and O–H groups in total. The summed E-state index contributed by atoms with van der Waals surface area (Å²) < 4.78 is 7.40. The van der Waals surface area contributed by atoms with Gasteiger partial charge in [0.15, 0.2) is 0 Å². The fraction of sp³-hybridized carbons (Fsp3) is 0.0351. The summed E-state index contributed by atoms with van der Waals surface area (Å²) in [5, 5.41) is 12.5. The second-order valence-corrected chi connectivity index (χ2v) is 16.6. The average Bonchev–Trinajstić information content (AvgIpc) is 4.03. The fourth-order valence-electron chi connectivity index (χ4n) is 10.8. The number of allylic oxidation sites excluding steroid dienone is 1. The lowest BCUT2D eigenvalue weighted by Gasteiger charge is -2.18. The third-order valence-electron chi connectivity index (χ3n) is 13.4. The molecule has 0 bridgehead atoms. The number of para-hydroxylation sites is 4. The summed E-state index contributed by atoms with van der Waals surface area (Å²) in [6.45, 7) is 0. The van der Waals surface area contributed by atoms with Crippen molar-refractivity contribution in [2.75, 3.05) is 0 Å². The van der Waals surface area contributed by atoms with Crippen molar-refractivity contribution in [3.8, 4) is 5.69 Å². The molecule has 4 heteroatoms. The molecule has 0 atom stereocenters. The van der Waals surface area contributed by atoms with Crippen molar-refractivity contribution in [3.05, 3.63) is 211 Å². The van der Waals surface area contributed by atoms with Gasteiger partial charge in [0.05, 0.1) is 44.3 Å².